The van der Waals surface area contributed by atoms with E-state index >= 15 is 0 Å². The van der Waals surface area contributed by atoms with Gasteiger partial charge in [0, 0.05) is 5.69 Å². The number of benzene rings is 2. The van der Waals surface area contributed by atoms with Gasteiger partial charge in [-0.2, -0.15) is 0 Å². The lowest BCUT2D eigenvalue weighted by Crippen LogP contribution is -3.28. The number of quaternary nitrogens is 2. The number of rotatable bonds is 6. The van der Waals surface area contributed by atoms with Gasteiger partial charge in [0.1, 0.15) is 26.2 Å². The first kappa shape index (κ1) is 21.3. The molecule has 6 nitrogen and oxygen atoms in total. The van der Waals surface area contributed by atoms with Gasteiger partial charge in [-0.1, -0.05) is 29.8 Å². The van der Waals surface area contributed by atoms with Crippen molar-refractivity contribution in [2.75, 3.05) is 49.9 Å². The highest BCUT2D eigenvalue weighted by atomic mass is 35.5. The first-order chi connectivity index (χ1) is 13.9. The van der Waals surface area contributed by atoms with Gasteiger partial charge in [-0.3, -0.25) is 9.59 Å². The summed E-state index contributed by atoms with van der Waals surface area (Å²) in [6.07, 6.45) is 0. The zero-order valence-corrected chi connectivity index (χ0v) is 17.7. The van der Waals surface area contributed by atoms with Crippen LogP contribution in [0.3, 0.4) is 0 Å². The summed E-state index contributed by atoms with van der Waals surface area (Å²) < 4.78 is 0. The molecule has 0 atom stereocenters. The number of hydrogen-bond acceptors (Lipinski definition) is 2. The third-order valence-electron chi connectivity index (χ3n) is 5.14. The van der Waals surface area contributed by atoms with E-state index in [9.17, 15) is 9.59 Å². The number of hydrogen-bond donors (Lipinski definition) is 4. The third-order valence-corrected chi connectivity index (χ3v) is 5.47. The van der Waals surface area contributed by atoms with E-state index in [1.54, 1.807) is 12.1 Å². The van der Waals surface area contributed by atoms with E-state index in [0.717, 1.165) is 43.0 Å². The molecule has 1 fully saturated rings. The Labute approximate surface area is 176 Å². The van der Waals surface area contributed by atoms with Crippen LogP contribution in [0.5, 0.6) is 0 Å². The summed E-state index contributed by atoms with van der Waals surface area (Å²) in [7, 11) is 0. The van der Waals surface area contributed by atoms with Gasteiger partial charge in [-0.05, 0) is 49.2 Å². The van der Waals surface area contributed by atoms with Crippen LogP contribution in [-0.2, 0) is 9.59 Å². The Balaban J connectivity index is 1.41. The number of para-hydroxylation sites is 1. The lowest BCUT2D eigenvalue weighted by Gasteiger charge is -2.29. The number of aryl methyl sites for hydroxylation is 2. The van der Waals surface area contributed by atoms with E-state index in [2.05, 4.69) is 16.7 Å². The van der Waals surface area contributed by atoms with E-state index in [1.807, 2.05) is 38.1 Å². The Kier molecular flexibility index (Phi) is 7.25. The largest absolute Gasteiger partial charge is 0.321 e. The molecular formula is C22H29ClN4O2+2. The predicted molar refractivity (Wildman–Crippen MR) is 116 cm³/mol. The monoisotopic (exact) mass is 416 g/mol. The fraction of sp³-hybridized carbons (Fsp3) is 0.364. The smallest absolute Gasteiger partial charge is 0.279 e. The number of carbonyl (C=O) groups excluding carboxylic acids is 2. The minimum atomic E-state index is -0.0379. The maximum atomic E-state index is 12.4. The normalized spacial score (nSPS) is 18.9. The number of carbonyl (C=O) groups is 2. The average molecular weight is 417 g/mol. The lowest BCUT2D eigenvalue weighted by molar-refractivity contribution is -1.00. The summed E-state index contributed by atoms with van der Waals surface area (Å²) in [6.45, 7) is 8.38. The van der Waals surface area contributed by atoms with Gasteiger partial charge in [0.2, 0.25) is 0 Å². The van der Waals surface area contributed by atoms with Crippen molar-refractivity contribution in [1.82, 2.24) is 0 Å². The van der Waals surface area contributed by atoms with E-state index in [-0.39, 0.29) is 11.8 Å². The molecule has 154 valence electrons. The highest BCUT2D eigenvalue weighted by molar-refractivity contribution is 6.33. The Morgan fingerprint density at radius 1 is 0.862 bits per heavy atom. The van der Waals surface area contributed by atoms with Crippen LogP contribution in [0.4, 0.5) is 11.4 Å². The van der Waals surface area contributed by atoms with Crippen LogP contribution in [0.1, 0.15) is 11.1 Å². The van der Waals surface area contributed by atoms with Gasteiger partial charge in [0.15, 0.2) is 13.1 Å². The molecule has 1 aliphatic heterocycles. The summed E-state index contributed by atoms with van der Waals surface area (Å²) in [4.78, 5) is 27.2. The SMILES string of the molecule is Cc1cc(C)cc(NC(=O)C[NH+]2CC[NH+](CC(=O)Nc3ccccc3Cl)CC2)c1. The van der Waals surface area contributed by atoms with Crippen LogP contribution >= 0.6 is 11.6 Å². The van der Waals surface area contributed by atoms with Crippen molar-refractivity contribution in [3.63, 3.8) is 0 Å². The third kappa shape index (κ3) is 6.56. The maximum absolute atomic E-state index is 12.4. The molecule has 0 aliphatic carbocycles. The molecule has 0 bridgehead atoms. The van der Waals surface area contributed by atoms with Crippen molar-refractivity contribution >= 4 is 34.8 Å². The first-order valence-corrected chi connectivity index (χ1v) is 10.4. The molecule has 1 heterocycles. The summed E-state index contributed by atoms with van der Waals surface area (Å²) in [5.41, 5.74) is 3.78. The summed E-state index contributed by atoms with van der Waals surface area (Å²) in [5.74, 6) is -0.00553. The molecule has 2 aromatic carbocycles. The van der Waals surface area contributed by atoms with Crippen LogP contribution in [0.15, 0.2) is 42.5 Å². The van der Waals surface area contributed by atoms with Crippen LogP contribution in [0, 0.1) is 13.8 Å². The van der Waals surface area contributed by atoms with E-state index in [0.29, 0.717) is 23.8 Å². The molecule has 29 heavy (non-hydrogen) atoms. The second kappa shape index (κ2) is 9.87. The highest BCUT2D eigenvalue weighted by Gasteiger charge is 2.26. The fourth-order valence-corrected chi connectivity index (χ4v) is 3.96. The minimum absolute atomic E-state index is 0.0323. The highest BCUT2D eigenvalue weighted by Crippen LogP contribution is 2.19. The summed E-state index contributed by atoms with van der Waals surface area (Å²) in [5, 5.41) is 6.42. The molecule has 1 saturated heterocycles. The van der Waals surface area contributed by atoms with Crippen molar-refractivity contribution in [1.29, 1.82) is 0 Å². The quantitative estimate of drug-likeness (QED) is 0.548. The fourth-order valence-electron chi connectivity index (χ4n) is 3.77. The molecule has 1 aliphatic rings. The molecule has 7 heteroatoms. The second-order valence-electron chi connectivity index (χ2n) is 7.81. The molecule has 3 rings (SSSR count). The van der Waals surface area contributed by atoms with Crippen LogP contribution in [-0.4, -0.2) is 51.1 Å². The average Bonchev–Trinajstić information content (AvgIpc) is 2.64. The Hall–Kier alpha value is -2.41. The Morgan fingerprint density at radius 3 is 1.93 bits per heavy atom. The molecular weight excluding hydrogens is 388 g/mol. The van der Waals surface area contributed by atoms with Gasteiger partial charge < -0.3 is 20.4 Å². The lowest BCUT2D eigenvalue weighted by atomic mass is 10.1. The van der Waals surface area contributed by atoms with Gasteiger partial charge >= 0.3 is 0 Å². The van der Waals surface area contributed by atoms with Gasteiger partial charge in [-0.25, -0.2) is 0 Å². The molecule has 2 aromatic rings. The number of nitrogens with one attached hydrogen (secondary N) is 4. The van der Waals surface area contributed by atoms with Crippen molar-refractivity contribution in [2.45, 2.75) is 13.8 Å². The van der Waals surface area contributed by atoms with Crippen LogP contribution in [0.2, 0.25) is 5.02 Å². The molecule has 0 radical (unpaired) electrons. The topological polar surface area (TPSA) is 67.1 Å². The van der Waals surface area contributed by atoms with Crippen molar-refractivity contribution < 1.29 is 19.4 Å². The van der Waals surface area contributed by atoms with E-state index in [4.69, 9.17) is 11.6 Å². The molecule has 0 saturated carbocycles. The van der Waals surface area contributed by atoms with E-state index < -0.39 is 0 Å². The Bertz CT molecular complexity index is 859. The van der Waals surface area contributed by atoms with E-state index in [1.165, 1.54) is 9.80 Å². The van der Waals surface area contributed by atoms with Crippen molar-refractivity contribution in [3.05, 3.63) is 58.6 Å². The molecule has 0 spiro atoms. The zero-order valence-electron chi connectivity index (χ0n) is 17.0. The second-order valence-corrected chi connectivity index (χ2v) is 8.21. The van der Waals surface area contributed by atoms with Gasteiger partial charge in [-0.15, -0.1) is 0 Å². The maximum Gasteiger partial charge on any atom is 0.279 e. The predicted octanol–water partition coefficient (Wildman–Crippen LogP) is 0.317. The van der Waals surface area contributed by atoms with Crippen LogP contribution in [0.25, 0.3) is 0 Å². The van der Waals surface area contributed by atoms with Crippen molar-refractivity contribution in [2.24, 2.45) is 0 Å². The number of piperazine rings is 1. The Morgan fingerprint density at radius 2 is 1.38 bits per heavy atom. The van der Waals surface area contributed by atoms with Crippen LogP contribution < -0.4 is 20.4 Å². The number of halogens is 1. The standard InChI is InChI=1S/C22H27ClN4O2/c1-16-11-17(2)13-18(12-16)24-21(28)14-26-7-9-27(10-8-26)15-22(29)25-20-6-4-3-5-19(20)23/h3-6,11-13H,7-10,14-15H2,1-2H3,(H,24,28)(H,25,29)/p+2. The van der Waals surface area contributed by atoms with Crippen molar-refractivity contribution in [3.8, 4) is 0 Å². The molecule has 2 amide bonds. The molecule has 0 aromatic heterocycles. The molecule has 4 N–H and O–H groups in total. The zero-order chi connectivity index (χ0) is 20.8. The van der Waals surface area contributed by atoms with Gasteiger partial charge in [0.05, 0.1) is 10.7 Å². The number of anilines is 2. The summed E-state index contributed by atoms with van der Waals surface area (Å²) >= 11 is 6.09. The van der Waals surface area contributed by atoms with Gasteiger partial charge in [0.25, 0.3) is 11.8 Å². The number of amides is 2. The minimum Gasteiger partial charge on any atom is -0.321 e. The molecule has 0 unspecified atom stereocenters. The summed E-state index contributed by atoms with van der Waals surface area (Å²) in [6, 6.07) is 13.3. The first-order valence-electron chi connectivity index (χ1n) is 9.99.